The van der Waals surface area contributed by atoms with Gasteiger partial charge in [0.25, 0.3) is 0 Å². The van der Waals surface area contributed by atoms with Crippen LogP contribution in [0, 0.1) is 0 Å². The first-order valence-electron chi connectivity index (χ1n) is 5.23. The van der Waals surface area contributed by atoms with Crippen molar-refractivity contribution in [3.05, 3.63) is 0 Å². The third kappa shape index (κ3) is 4.07. The lowest BCUT2D eigenvalue weighted by atomic mass is 10.3. The Morgan fingerprint density at radius 1 is 1.17 bits per heavy atom. The van der Waals surface area contributed by atoms with Crippen molar-refractivity contribution in [3.8, 4) is 0 Å². The molecule has 0 saturated carbocycles. The molecule has 1 saturated heterocycles. The zero-order valence-electron chi connectivity index (χ0n) is 8.22. The summed E-state index contributed by atoms with van der Waals surface area (Å²) in [5.41, 5.74) is 0. The van der Waals surface area contributed by atoms with Crippen LogP contribution in [0.1, 0.15) is 39.0 Å². The summed E-state index contributed by atoms with van der Waals surface area (Å²) in [6.07, 6.45) is 6.54. The van der Waals surface area contributed by atoms with E-state index in [9.17, 15) is 0 Å². The molecule has 0 aromatic heterocycles. The monoisotopic (exact) mass is 171 g/mol. The molecule has 0 radical (unpaired) electrons. The molecule has 0 amide bonds. The summed E-state index contributed by atoms with van der Waals surface area (Å²) in [7, 11) is 0. The number of rotatable bonds is 6. The normalized spacial score (nSPS) is 18.8. The van der Waals surface area contributed by atoms with Crippen LogP contribution >= 0.6 is 0 Å². The van der Waals surface area contributed by atoms with Crippen LogP contribution in [0.15, 0.2) is 0 Å². The third-order valence-corrected chi connectivity index (χ3v) is 2.36. The smallest absolute Gasteiger partial charge is 0.0990 e. The summed E-state index contributed by atoms with van der Waals surface area (Å²) >= 11 is 0. The Kier molecular flexibility index (Phi) is 5.37. The first kappa shape index (κ1) is 10.0. The Balaban J connectivity index is 1.81. The molecule has 1 fully saturated rings. The summed E-state index contributed by atoms with van der Waals surface area (Å²) < 4.78 is 5.55. The molecule has 0 spiro atoms. The Hall–Kier alpha value is -0.0800. The van der Waals surface area contributed by atoms with Crippen LogP contribution in [0.4, 0.5) is 0 Å². The first-order valence-corrected chi connectivity index (χ1v) is 5.23. The standard InChI is InChI=1S/C10H21NO/c1-2-3-6-9-12-10-11-7-4-5-8-11/h2-10H2,1H3. The van der Waals surface area contributed by atoms with Gasteiger partial charge in [-0.3, -0.25) is 4.90 Å². The van der Waals surface area contributed by atoms with Crippen LogP contribution in [-0.2, 0) is 4.74 Å². The number of ether oxygens (including phenoxy) is 1. The van der Waals surface area contributed by atoms with E-state index in [1.165, 1.54) is 45.2 Å². The average Bonchev–Trinajstić information content (AvgIpc) is 2.57. The number of nitrogens with zero attached hydrogens (tertiary/aromatic N) is 1. The Bertz CT molecular complexity index is 100. The highest BCUT2D eigenvalue weighted by Gasteiger charge is 2.10. The minimum atomic E-state index is 0.865. The SMILES string of the molecule is CCCCCOCN1CCCC1. The second-order valence-corrected chi connectivity index (χ2v) is 3.57. The zero-order valence-corrected chi connectivity index (χ0v) is 8.22. The van der Waals surface area contributed by atoms with Gasteiger partial charge in [0.2, 0.25) is 0 Å². The molecule has 12 heavy (non-hydrogen) atoms. The van der Waals surface area contributed by atoms with Crippen LogP contribution in [-0.4, -0.2) is 31.3 Å². The highest BCUT2D eigenvalue weighted by molar-refractivity contribution is 4.61. The van der Waals surface area contributed by atoms with Crippen LogP contribution in [0.5, 0.6) is 0 Å². The van der Waals surface area contributed by atoms with Crippen molar-refractivity contribution in [2.24, 2.45) is 0 Å². The minimum absolute atomic E-state index is 0.865. The molecular weight excluding hydrogens is 150 g/mol. The number of likely N-dealkylation sites (tertiary alicyclic amines) is 1. The topological polar surface area (TPSA) is 12.5 Å². The summed E-state index contributed by atoms with van der Waals surface area (Å²) in [6.45, 7) is 6.52. The lowest BCUT2D eigenvalue weighted by molar-refractivity contribution is 0.0398. The lowest BCUT2D eigenvalue weighted by Gasteiger charge is -2.14. The summed E-state index contributed by atoms with van der Waals surface area (Å²) in [5, 5.41) is 0. The lowest BCUT2D eigenvalue weighted by Crippen LogP contribution is -2.22. The Morgan fingerprint density at radius 3 is 2.58 bits per heavy atom. The van der Waals surface area contributed by atoms with Crippen LogP contribution in [0.25, 0.3) is 0 Å². The Labute approximate surface area is 75.9 Å². The van der Waals surface area contributed by atoms with Gasteiger partial charge in [0.15, 0.2) is 0 Å². The van der Waals surface area contributed by atoms with Gasteiger partial charge in [-0.05, 0) is 19.3 Å². The van der Waals surface area contributed by atoms with Crippen LogP contribution < -0.4 is 0 Å². The summed E-state index contributed by atoms with van der Waals surface area (Å²) in [6, 6.07) is 0. The van der Waals surface area contributed by atoms with Crippen molar-refractivity contribution in [3.63, 3.8) is 0 Å². The molecule has 1 rings (SSSR count). The highest BCUT2D eigenvalue weighted by Crippen LogP contribution is 2.06. The van der Waals surface area contributed by atoms with Crippen LogP contribution in [0.3, 0.4) is 0 Å². The molecule has 1 aliphatic heterocycles. The third-order valence-electron chi connectivity index (χ3n) is 2.36. The van der Waals surface area contributed by atoms with Gasteiger partial charge >= 0.3 is 0 Å². The van der Waals surface area contributed by atoms with Gasteiger partial charge in [-0.25, -0.2) is 0 Å². The van der Waals surface area contributed by atoms with E-state index in [4.69, 9.17) is 4.74 Å². The molecule has 2 heteroatoms. The van der Waals surface area contributed by atoms with Gasteiger partial charge in [-0.2, -0.15) is 0 Å². The van der Waals surface area contributed by atoms with E-state index in [-0.39, 0.29) is 0 Å². The van der Waals surface area contributed by atoms with E-state index < -0.39 is 0 Å². The van der Waals surface area contributed by atoms with Gasteiger partial charge in [-0.1, -0.05) is 19.8 Å². The maximum atomic E-state index is 5.55. The van der Waals surface area contributed by atoms with Crippen molar-refractivity contribution >= 4 is 0 Å². The highest BCUT2D eigenvalue weighted by atomic mass is 16.5. The molecule has 72 valence electrons. The van der Waals surface area contributed by atoms with Gasteiger partial charge in [0.05, 0.1) is 6.73 Å². The first-order chi connectivity index (χ1) is 5.93. The second kappa shape index (κ2) is 6.44. The van der Waals surface area contributed by atoms with Gasteiger partial charge in [0.1, 0.15) is 0 Å². The second-order valence-electron chi connectivity index (χ2n) is 3.57. The number of hydrogen-bond acceptors (Lipinski definition) is 2. The molecule has 1 heterocycles. The van der Waals surface area contributed by atoms with E-state index in [0.29, 0.717) is 0 Å². The fourth-order valence-electron chi connectivity index (χ4n) is 1.56. The van der Waals surface area contributed by atoms with Crippen molar-refractivity contribution < 1.29 is 4.74 Å². The molecule has 0 aromatic carbocycles. The molecule has 0 bridgehead atoms. The van der Waals surface area contributed by atoms with Crippen molar-refractivity contribution in [1.82, 2.24) is 4.90 Å². The molecule has 0 unspecified atom stereocenters. The van der Waals surface area contributed by atoms with Crippen molar-refractivity contribution in [2.75, 3.05) is 26.4 Å². The predicted molar refractivity (Wildman–Crippen MR) is 51.2 cm³/mol. The predicted octanol–water partition coefficient (Wildman–Crippen LogP) is 2.25. The molecule has 2 nitrogen and oxygen atoms in total. The quantitative estimate of drug-likeness (QED) is 0.568. The molecule has 0 N–H and O–H groups in total. The largest absolute Gasteiger partial charge is 0.366 e. The Morgan fingerprint density at radius 2 is 1.92 bits per heavy atom. The fraction of sp³-hybridized carbons (Fsp3) is 1.00. The molecule has 0 aromatic rings. The van der Waals surface area contributed by atoms with E-state index >= 15 is 0 Å². The fourth-order valence-corrected chi connectivity index (χ4v) is 1.56. The van der Waals surface area contributed by atoms with E-state index in [1.54, 1.807) is 0 Å². The van der Waals surface area contributed by atoms with Crippen molar-refractivity contribution in [1.29, 1.82) is 0 Å². The maximum absolute atomic E-state index is 5.55. The maximum Gasteiger partial charge on any atom is 0.0990 e. The molecule has 0 atom stereocenters. The number of unbranched alkanes of at least 4 members (excludes halogenated alkanes) is 2. The van der Waals surface area contributed by atoms with Crippen LogP contribution in [0.2, 0.25) is 0 Å². The van der Waals surface area contributed by atoms with Gasteiger partial charge < -0.3 is 4.74 Å². The summed E-state index contributed by atoms with van der Waals surface area (Å²) in [5.74, 6) is 0. The minimum Gasteiger partial charge on any atom is -0.366 e. The molecular formula is C10H21NO. The van der Waals surface area contributed by atoms with E-state index in [1.807, 2.05) is 0 Å². The molecule has 0 aliphatic carbocycles. The number of hydrogen-bond donors (Lipinski definition) is 0. The van der Waals surface area contributed by atoms with E-state index in [0.717, 1.165) is 13.3 Å². The zero-order chi connectivity index (χ0) is 8.65. The summed E-state index contributed by atoms with van der Waals surface area (Å²) in [4.78, 5) is 2.39. The van der Waals surface area contributed by atoms with Gasteiger partial charge in [-0.15, -0.1) is 0 Å². The molecule has 1 aliphatic rings. The average molecular weight is 171 g/mol. The van der Waals surface area contributed by atoms with Crippen molar-refractivity contribution in [2.45, 2.75) is 39.0 Å². The van der Waals surface area contributed by atoms with E-state index in [2.05, 4.69) is 11.8 Å². The van der Waals surface area contributed by atoms with Gasteiger partial charge in [0, 0.05) is 19.7 Å².